The Kier molecular flexibility index (Phi) is 4.07. The lowest BCUT2D eigenvalue weighted by Crippen LogP contribution is -2.35. The molecule has 1 N–H and O–H groups in total. The SMILES string of the molecule is CC1(C)CCC(NC(=O)c2ccc(-n3cncn3)cc2)c2ccccc21. The van der Waals surface area contributed by atoms with Gasteiger partial charge in [0.1, 0.15) is 12.7 Å². The molecule has 1 aliphatic carbocycles. The second-order valence-corrected chi connectivity index (χ2v) is 7.42. The van der Waals surface area contributed by atoms with E-state index in [4.69, 9.17) is 0 Å². The molecule has 0 saturated carbocycles. The number of aromatic nitrogens is 3. The van der Waals surface area contributed by atoms with Crippen LogP contribution >= 0.6 is 0 Å². The van der Waals surface area contributed by atoms with Gasteiger partial charge in [-0.2, -0.15) is 5.10 Å². The number of hydrogen-bond acceptors (Lipinski definition) is 3. The number of nitrogens with zero attached hydrogens (tertiary/aromatic N) is 3. The number of fused-ring (bicyclic) bond motifs is 1. The summed E-state index contributed by atoms with van der Waals surface area (Å²) in [5.41, 5.74) is 4.24. The van der Waals surface area contributed by atoms with Crippen molar-refractivity contribution in [2.75, 3.05) is 0 Å². The molecule has 132 valence electrons. The number of carbonyl (C=O) groups is 1. The maximum absolute atomic E-state index is 12.7. The highest BCUT2D eigenvalue weighted by Gasteiger charge is 2.32. The van der Waals surface area contributed by atoms with E-state index < -0.39 is 0 Å². The van der Waals surface area contributed by atoms with Crippen molar-refractivity contribution in [2.45, 2.75) is 38.1 Å². The van der Waals surface area contributed by atoms with Crippen LogP contribution in [0.5, 0.6) is 0 Å². The standard InChI is InChI=1S/C21H22N4O/c1-21(2)12-11-19(17-5-3-4-6-18(17)21)24-20(26)15-7-9-16(10-8-15)25-14-22-13-23-25/h3-10,13-14,19H,11-12H2,1-2H3,(H,24,26). The zero-order chi connectivity index (χ0) is 18.1. The van der Waals surface area contributed by atoms with E-state index in [2.05, 4.69) is 47.4 Å². The largest absolute Gasteiger partial charge is 0.345 e. The minimum Gasteiger partial charge on any atom is -0.345 e. The fraction of sp³-hybridized carbons (Fsp3) is 0.286. The van der Waals surface area contributed by atoms with Crippen LogP contribution in [0, 0.1) is 0 Å². The molecule has 2 aromatic carbocycles. The summed E-state index contributed by atoms with van der Waals surface area (Å²) < 4.78 is 1.67. The first-order valence-electron chi connectivity index (χ1n) is 8.90. The topological polar surface area (TPSA) is 59.8 Å². The van der Waals surface area contributed by atoms with Crippen molar-refractivity contribution in [3.05, 3.63) is 77.9 Å². The molecule has 0 fully saturated rings. The van der Waals surface area contributed by atoms with Gasteiger partial charge in [0.25, 0.3) is 5.91 Å². The Hall–Kier alpha value is -2.95. The first-order valence-corrected chi connectivity index (χ1v) is 8.90. The predicted octanol–water partition coefficient (Wildman–Crippen LogP) is 3.81. The van der Waals surface area contributed by atoms with E-state index in [1.165, 1.54) is 17.5 Å². The van der Waals surface area contributed by atoms with Gasteiger partial charge in [-0.3, -0.25) is 4.79 Å². The van der Waals surface area contributed by atoms with E-state index in [0.717, 1.165) is 18.5 Å². The van der Waals surface area contributed by atoms with Crippen molar-refractivity contribution in [1.29, 1.82) is 0 Å². The van der Waals surface area contributed by atoms with Crippen LogP contribution in [0.2, 0.25) is 0 Å². The summed E-state index contributed by atoms with van der Waals surface area (Å²) in [6.45, 7) is 4.54. The van der Waals surface area contributed by atoms with E-state index in [1.807, 2.05) is 30.3 Å². The molecule has 0 spiro atoms. The number of hydrogen-bond donors (Lipinski definition) is 1. The highest BCUT2D eigenvalue weighted by molar-refractivity contribution is 5.94. The molecule has 1 unspecified atom stereocenters. The van der Waals surface area contributed by atoms with Crippen LogP contribution in [-0.2, 0) is 5.41 Å². The molecule has 0 aliphatic heterocycles. The van der Waals surface area contributed by atoms with Gasteiger partial charge in [-0.25, -0.2) is 9.67 Å². The van der Waals surface area contributed by atoms with Crippen LogP contribution in [0.25, 0.3) is 5.69 Å². The van der Waals surface area contributed by atoms with Crippen molar-refractivity contribution in [3.63, 3.8) is 0 Å². The highest BCUT2D eigenvalue weighted by Crippen LogP contribution is 2.41. The lowest BCUT2D eigenvalue weighted by atomic mass is 9.71. The van der Waals surface area contributed by atoms with Crippen molar-refractivity contribution >= 4 is 5.91 Å². The maximum atomic E-state index is 12.7. The molecule has 1 heterocycles. The van der Waals surface area contributed by atoms with Gasteiger partial charge in [-0.05, 0) is 53.6 Å². The van der Waals surface area contributed by atoms with Gasteiger partial charge in [-0.15, -0.1) is 0 Å². The van der Waals surface area contributed by atoms with Gasteiger partial charge >= 0.3 is 0 Å². The van der Waals surface area contributed by atoms with Gasteiger partial charge in [0.05, 0.1) is 11.7 Å². The molecular weight excluding hydrogens is 324 g/mol. The molecule has 1 atom stereocenters. The van der Waals surface area contributed by atoms with E-state index in [9.17, 15) is 4.79 Å². The molecule has 3 aromatic rings. The number of carbonyl (C=O) groups excluding carboxylic acids is 1. The minimum absolute atomic E-state index is 0.0466. The molecule has 1 aliphatic rings. The zero-order valence-corrected chi connectivity index (χ0v) is 15.0. The summed E-state index contributed by atoms with van der Waals surface area (Å²) in [4.78, 5) is 16.7. The lowest BCUT2D eigenvalue weighted by Gasteiger charge is -2.37. The molecule has 1 amide bonds. The van der Waals surface area contributed by atoms with Crippen LogP contribution in [0.15, 0.2) is 61.2 Å². The summed E-state index contributed by atoms with van der Waals surface area (Å²) in [7, 11) is 0. The number of amides is 1. The first kappa shape index (κ1) is 16.5. The van der Waals surface area contributed by atoms with Gasteiger partial charge in [-0.1, -0.05) is 38.1 Å². The molecule has 5 heteroatoms. The molecule has 26 heavy (non-hydrogen) atoms. The molecule has 0 radical (unpaired) electrons. The van der Waals surface area contributed by atoms with Gasteiger partial charge in [0.15, 0.2) is 0 Å². The van der Waals surface area contributed by atoms with E-state index >= 15 is 0 Å². The Morgan fingerprint density at radius 2 is 1.92 bits per heavy atom. The Morgan fingerprint density at radius 3 is 2.65 bits per heavy atom. The summed E-state index contributed by atoms with van der Waals surface area (Å²) in [5.74, 6) is -0.0466. The lowest BCUT2D eigenvalue weighted by molar-refractivity contribution is 0.0929. The molecule has 0 bridgehead atoms. The molecule has 5 nitrogen and oxygen atoms in total. The van der Waals surface area contributed by atoms with Crippen LogP contribution in [0.4, 0.5) is 0 Å². The number of benzene rings is 2. The molecule has 0 saturated heterocycles. The predicted molar refractivity (Wildman–Crippen MR) is 100 cm³/mol. The van der Waals surface area contributed by atoms with E-state index in [0.29, 0.717) is 5.56 Å². The van der Waals surface area contributed by atoms with E-state index in [-0.39, 0.29) is 17.4 Å². The molecular formula is C21H22N4O. The Bertz CT molecular complexity index is 913. The van der Waals surface area contributed by atoms with Crippen LogP contribution in [0.3, 0.4) is 0 Å². The zero-order valence-electron chi connectivity index (χ0n) is 15.0. The molecule has 1 aromatic heterocycles. The fourth-order valence-corrected chi connectivity index (χ4v) is 3.71. The summed E-state index contributed by atoms with van der Waals surface area (Å²) in [5, 5.41) is 7.31. The van der Waals surface area contributed by atoms with Gasteiger partial charge in [0.2, 0.25) is 0 Å². The fourth-order valence-electron chi connectivity index (χ4n) is 3.71. The Labute approximate surface area is 153 Å². The summed E-state index contributed by atoms with van der Waals surface area (Å²) in [6, 6.07) is 15.9. The summed E-state index contributed by atoms with van der Waals surface area (Å²) >= 11 is 0. The monoisotopic (exact) mass is 346 g/mol. The second kappa shape index (κ2) is 6.41. The molecule has 4 rings (SSSR count). The van der Waals surface area contributed by atoms with Crippen molar-refractivity contribution < 1.29 is 4.79 Å². The minimum atomic E-state index is -0.0466. The quantitative estimate of drug-likeness (QED) is 0.784. The third-order valence-corrected chi connectivity index (χ3v) is 5.24. The summed E-state index contributed by atoms with van der Waals surface area (Å²) in [6.07, 6.45) is 5.13. The van der Waals surface area contributed by atoms with Crippen molar-refractivity contribution in [2.24, 2.45) is 0 Å². The van der Waals surface area contributed by atoms with Gasteiger partial charge in [0, 0.05) is 5.56 Å². The highest BCUT2D eigenvalue weighted by atomic mass is 16.1. The normalized spacial score (nSPS) is 18.2. The Balaban J connectivity index is 1.53. The van der Waals surface area contributed by atoms with Crippen molar-refractivity contribution in [1.82, 2.24) is 20.1 Å². The van der Waals surface area contributed by atoms with Crippen LogP contribution < -0.4 is 5.32 Å². The smallest absolute Gasteiger partial charge is 0.251 e. The van der Waals surface area contributed by atoms with Crippen LogP contribution in [-0.4, -0.2) is 20.7 Å². The third kappa shape index (κ3) is 3.01. The second-order valence-electron chi connectivity index (χ2n) is 7.42. The van der Waals surface area contributed by atoms with Gasteiger partial charge < -0.3 is 5.32 Å². The van der Waals surface area contributed by atoms with E-state index in [1.54, 1.807) is 11.0 Å². The first-order chi connectivity index (χ1) is 12.5. The average molecular weight is 346 g/mol. The average Bonchev–Trinajstić information content (AvgIpc) is 3.19. The number of nitrogens with one attached hydrogen (secondary N) is 1. The van der Waals surface area contributed by atoms with Crippen LogP contribution in [0.1, 0.15) is 54.2 Å². The maximum Gasteiger partial charge on any atom is 0.251 e. The third-order valence-electron chi connectivity index (χ3n) is 5.24. The van der Waals surface area contributed by atoms with Crippen molar-refractivity contribution in [3.8, 4) is 5.69 Å². The number of rotatable bonds is 3. The Morgan fingerprint density at radius 1 is 1.15 bits per heavy atom.